The van der Waals surface area contributed by atoms with E-state index in [2.05, 4.69) is 15.1 Å². The summed E-state index contributed by atoms with van der Waals surface area (Å²) in [6.07, 6.45) is 5.98. The van der Waals surface area contributed by atoms with Gasteiger partial charge in [0.2, 0.25) is 5.91 Å². The highest BCUT2D eigenvalue weighted by Crippen LogP contribution is 2.20. The third-order valence-corrected chi connectivity index (χ3v) is 5.91. The van der Waals surface area contributed by atoms with Crippen LogP contribution in [0.2, 0.25) is 0 Å². The van der Waals surface area contributed by atoms with Crippen LogP contribution in [-0.4, -0.2) is 61.1 Å². The average molecular weight is 378 g/mol. The molecule has 1 aromatic rings. The van der Waals surface area contributed by atoms with Crippen molar-refractivity contribution in [1.29, 1.82) is 0 Å². The van der Waals surface area contributed by atoms with Gasteiger partial charge in [-0.05, 0) is 37.5 Å². The Balaban J connectivity index is 1.45. The zero-order valence-corrected chi connectivity index (χ0v) is 16.5. The van der Waals surface area contributed by atoms with Gasteiger partial charge in [-0.3, -0.25) is 14.6 Å². The van der Waals surface area contributed by atoms with Crippen molar-refractivity contribution in [2.45, 2.75) is 57.7 Å². The maximum Gasteiger partial charge on any atom is 0.237 e. The summed E-state index contributed by atoms with van der Waals surface area (Å²) in [6.45, 7) is 6.21. The molecule has 1 saturated heterocycles. The number of hydrogen-bond donors (Lipinski definition) is 1. The molecule has 1 heterocycles. The van der Waals surface area contributed by atoms with Gasteiger partial charge in [-0.25, -0.2) is 4.39 Å². The highest BCUT2D eigenvalue weighted by molar-refractivity contribution is 5.81. The lowest BCUT2D eigenvalue weighted by molar-refractivity contribution is -0.127. The van der Waals surface area contributed by atoms with Gasteiger partial charge in [0.1, 0.15) is 0 Å². The molecule has 5 nitrogen and oxygen atoms in total. The summed E-state index contributed by atoms with van der Waals surface area (Å²) < 4.78 is 18.8. The van der Waals surface area contributed by atoms with Crippen LogP contribution in [0.4, 0.5) is 4.39 Å². The molecule has 1 N–H and O–H groups in total. The van der Waals surface area contributed by atoms with Crippen molar-refractivity contribution < 1.29 is 13.9 Å². The van der Waals surface area contributed by atoms with E-state index in [0.29, 0.717) is 6.04 Å². The van der Waals surface area contributed by atoms with Gasteiger partial charge in [-0.2, -0.15) is 0 Å². The molecular formula is C21H32FN3O2. The van der Waals surface area contributed by atoms with Crippen LogP contribution in [0.3, 0.4) is 0 Å². The summed E-state index contributed by atoms with van der Waals surface area (Å²) >= 11 is 0. The predicted octanol–water partition coefficient (Wildman–Crippen LogP) is 2.79. The van der Waals surface area contributed by atoms with Crippen LogP contribution in [0.25, 0.3) is 0 Å². The number of nitrogens with zero attached hydrogens (tertiary/aromatic N) is 2. The maximum atomic E-state index is 13.9. The molecular weight excluding hydrogens is 345 g/mol. The molecule has 1 aromatic carbocycles. The lowest BCUT2D eigenvalue weighted by Crippen LogP contribution is -2.54. The molecule has 1 aliphatic heterocycles. The van der Waals surface area contributed by atoms with Gasteiger partial charge >= 0.3 is 0 Å². The lowest BCUT2D eigenvalue weighted by Gasteiger charge is -2.38. The molecule has 2 aliphatic rings. The zero-order valence-electron chi connectivity index (χ0n) is 16.5. The van der Waals surface area contributed by atoms with Crippen molar-refractivity contribution in [3.8, 4) is 5.75 Å². The number of amides is 1. The fraction of sp³-hybridized carbons (Fsp3) is 0.667. The van der Waals surface area contributed by atoms with Crippen LogP contribution < -0.4 is 10.1 Å². The molecule has 6 heteroatoms. The Morgan fingerprint density at radius 1 is 1.22 bits per heavy atom. The van der Waals surface area contributed by atoms with Crippen LogP contribution in [0.15, 0.2) is 18.2 Å². The number of carbonyl (C=O) groups excluding carboxylic acids is 1. The molecule has 0 aromatic heterocycles. The van der Waals surface area contributed by atoms with Crippen LogP contribution in [0.5, 0.6) is 5.75 Å². The summed E-state index contributed by atoms with van der Waals surface area (Å²) in [6, 6.07) is 5.41. The van der Waals surface area contributed by atoms with Gasteiger partial charge in [0.15, 0.2) is 11.6 Å². The molecule has 1 amide bonds. The number of hydrogen-bond acceptors (Lipinski definition) is 4. The molecule has 1 saturated carbocycles. The van der Waals surface area contributed by atoms with Gasteiger partial charge in [-0.15, -0.1) is 0 Å². The van der Waals surface area contributed by atoms with E-state index in [4.69, 9.17) is 4.74 Å². The molecule has 2 fully saturated rings. The van der Waals surface area contributed by atoms with Gasteiger partial charge in [-0.1, -0.05) is 25.3 Å². The number of rotatable bonds is 6. The van der Waals surface area contributed by atoms with Gasteiger partial charge in [0, 0.05) is 38.8 Å². The van der Waals surface area contributed by atoms with Crippen molar-refractivity contribution in [2.75, 3.05) is 33.3 Å². The lowest BCUT2D eigenvalue weighted by atomic mass is 9.95. The quantitative estimate of drug-likeness (QED) is 0.828. The SMILES string of the molecule is COc1ccc(CN2CCN([C@@H](C)C(=O)NC3CCCCC3)CC2)cc1F. The van der Waals surface area contributed by atoms with E-state index in [1.54, 1.807) is 12.1 Å². The second kappa shape index (κ2) is 9.51. The number of ether oxygens (including phenoxy) is 1. The third kappa shape index (κ3) is 5.42. The van der Waals surface area contributed by atoms with Crippen molar-refractivity contribution in [1.82, 2.24) is 15.1 Å². The Morgan fingerprint density at radius 3 is 2.56 bits per heavy atom. The minimum absolute atomic E-state index is 0.0903. The number of nitrogens with one attached hydrogen (secondary N) is 1. The first-order valence-corrected chi connectivity index (χ1v) is 10.2. The highest BCUT2D eigenvalue weighted by atomic mass is 19.1. The molecule has 1 atom stereocenters. The van der Waals surface area contributed by atoms with E-state index < -0.39 is 0 Å². The zero-order chi connectivity index (χ0) is 19.2. The average Bonchev–Trinajstić information content (AvgIpc) is 2.69. The number of methoxy groups -OCH3 is 1. The summed E-state index contributed by atoms with van der Waals surface area (Å²) in [5, 5.41) is 3.24. The Hall–Kier alpha value is -1.66. The first-order chi connectivity index (χ1) is 13.1. The maximum absolute atomic E-state index is 13.9. The van der Waals surface area contributed by atoms with E-state index in [1.165, 1.54) is 26.4 Å². The van der Waals surface area contributed by atoms with Crippen molar-refractivity contribution in [3.63, 3.8) is 0 Å². The second-order valence-electron chi connectivity index (χ2n) is 7.80. The topological polar surface area (TPSA) is 44.8 Å². The fourth-order valence-electron chi connectivity index (χ4n) is 4.11. The highest BCUT2D eigenvalue weighted by Gasteiger charge is 2.27. The van der Waals surface area contributed by atoms with E-state index >= 15 is 0 Å². The van der Waals surface area contributed by atoms with Gasteiger partial charge in [0.25, 0.3) is 0 Å². The first-order valence-electron chi connectivity index (χ1n) is 10.2. The standard InChI is InChI=1S/C21H32FN3O2/c1-16(21(26)23-18-6-4-3-5-7-18)25-12-10-24(11-13-25)15-17-8-9-20(27-2)19(22)14-17/h8-9,14,16,18H,3-7,10-13,15H2,1-2H3,(H,23,26)/t16-/m0/s1. The summed E-state index contributed by atoms with van der Waals surface area (Å²) in [7, 11) is 1.48. The molecule has 27 heavy (non-hydrogen) atoms. The van der Waals surface area contributed by atoms with E-state index in [0.717, 1.165) is 51.1 Å². The summed E-state index contributed by atoms with van der Waals surface area (Å²) in [4.78, 5) is 17.1. The number of piperazine rings is 1. The Morgan fingerprint density at radius 2 is 1.93 bits per heavy atom. The van der Waals surface area contributed by atoms with Crippen LogP contribution in [0, 0.1) is 5.82 Å². The van der Waals surface area contributed by atoms with Crippen molar-refractivity contribution >= 4 is 5.91 Å². The van der Waals surface area contributed by atoms with Gasteiger partial charge in [0.05, 0.1) is 13.2 Å². The summed E-state index contributed by atoms with van der Waals surface area (Å²) in [5.74, 6) is 0.121. The van der Waals surface area contributed by atoms with Crippen LogP contribution in [-0.2, 0) is 11.3 Å². The minimum atomic E-state index is -0.318. The Kier molecular flexibility index (Phi) is 7.07. The van der Waals surface area contributed by atoms with E-state index in [-0.39, 0.29) is 23.5 Å². The number of benzene rings is 1. The summed E-state index contributed by atoms with van der Waals surface area (Å²) in [5.41, 5.74) is 0.949. The molecule has 0 radical (unpaired) electrons. The second-order valence-corrected chi connectivity index (χ2v) is 7.80. The monoisotopic (exact) mass is 377 g/mol. The number of halogens is 1. The van der Waals surface area contributed by atoms with Crippen LogP contribution >= 0.6 is 0 Å². The molecule has 1 aliphatic carbocycles. The fourth-order valence-corrected chi connectivity index (χ4v) is 4.11. The molecule has 3 rings (SSSR count). The largest absolute Gasteiger partial charge is 0.494 e. The third-order valence-electron chi connectivity index (χ3n) is 5.91. The Bertz CT molecular complexity index is 626. The Labute approximate surface area is 161 Å². The molecule has 150 valence electrons. The minimum Gasteiger partial charge on any atom is -0.494 e. The molecule has 0 bridgehead atoms. The van der Waals surface area contributed by atoms with Crippen LogP contribution in [0.1, 0.15) is 44.6 Å². The predicted molar refractivity (Wildman–Crippen MR) is 104 cm³/mol. The van der Waals surface area contributed by atoms with E-state index in [9.17, 15) is 9.18 Å². The van der Waals surface area contributed by atoms with E-state index in [1.807, 2.05) is 13.0 Å². The molecule has 0 spiro atoms. The van der Waals surface area contributed by atoms with Crippen molar-refractivity contribution in [3.05, 3.63) is 29.6 Å². The number of carbonyl (C=O) groups is 1. The van der Waals surface area contributed by atoms with Crippen molar-refractivity contribution in [2.24, 2.45) is 0 Å². The normalized spacial score (nSPS) is 21.0. The molecule has 0 unspecified atom stereocenters. The van der Waals surface area contributed by atoms with Gasteiger partial charge < -0.3 is 10.1 Å². The first kappa shape index (κ1) is 20.1. The smallest absolute Gasteiger partial charge is 0.237 e.